The predicted octanol–water partition coefficient (Wildman–Crippen LogP) is 2.71. The third-order valence-corrected chi connectivity index (χ3v) is 6.39. The fourth-order valence-corrected chi connectivity index (χ4v) is 4.31. The molecule has 9 heteroatoms. The number of sulfonamides is 1. The quantitative estimate of drug-likeness (QED) is 0.539. The molecule has 0 aliphatic carbocycles. The van der Waals surface area contributed by atoms with E-state index >= 15 is 0 Å². The first kappa shape index (κ1) is 26.2. The molecule has 0 heterocycles. The first-order chi connectivity index (χ1) is 15.6. The van der Waals surface area contributed by atoms with Crippen molar-refractivity contribution in [2.75, 3.05) is 30.8 Å². The summed E-state index contributed by atoms with van der Waals surface area (Å²) in [6, 6.07) is 13.4. The summed E-state index contributed by atoms with van der Waals surface area (Å²) in [4.78, 5) is 27.7. The van der Waals surface area contributed by atoms with Crippen LogP contribution in [0, 0.1) is 6.92 Å². The van der Waals surface area contributed by atoms with E-state index in [1.807, 2.05) is 45.0 Å². The van der Waals surface area contributed by atoms with E-state index in [0.29, 0.717) is 24.4 Å². The van der Waals surface area contributed by atoms with Gasteiger partial charge in [-0.05, 0) is 50.1 Å². The first-order valence-corrected chi connectivity index (χ1v) is 12.7. The smallest absolute Gasteiger partial charge is 0.244 e. The maximum Gasteiger partial charge on any atom is 0.244 e. The Morgan fingerprint density at radius 3 is 2.12 bits per heavy atom. The van der Waals surface area contributed by atoms with Crippen molar-refractivity contribution < 1.29 is 22.7 Å². The van der Waals surface area contributed by atoms with Crippen molar-refractivity contribution in [2.45, 2.75) is 39.8 Å². The monoisotopic (exact) mass is 475 g/mol. The third-order valence-electron chi connectivity index (χ3n) is 5.25. The molecule has 1 atom stereocenters. The summed E-state index contributed by atoms with van der Waals surface area (Å²) < 4.78 is 31.3. The van der Waals surface area contributed by atoms with Gasteiger partial charge in [0.05, 0.1) is 19.1 Å². The summed E-state index contributed by atoms with van der Waals surface area (Å²) in [5.41, 5.74) is 2.27. The number of amides is 2. The van der Waals surface area contributed by atoms with Gasteiger partial charge >= 0.3 is 0 Å². The highest BCUT2D eigenvalue weighted by Gasteiger charge is 2.31. The molecular weight excluding hydrogens is 442 g/mol. The Labute approximate surface area is 196 Å². The van der Waals surface area contributed by atoms with Crippen molar-refractivity contribution in [1.82, 2.24) is 10.2 Å². The van der Waals surface area contributed by atoms with E-state index in [9.17, 15) is 18.0 Å². The van der Waals surface area contributed by atoms with Crippen molar-refractivity contribution in [3.8, 4) is 5.75 Å². The molecule has 33 heavy (non-hydrogen) atoms. The second-order valence-corrected chi connectivity index (χ2v) is 9.70. The number of hydrogen-bond donors (Lipinski definition) is 1. The summed E-state index contributed by atoms with van der Waals surface area (Å²) in [5.74, 6) is -0.160. The molecule has 2 rings (SSSR count). The number of methoxy groups -OCH3 is 1. The summed E-state index contributed by atoms with van der Waals surface area (Å²) in [5, 5.41) is 2.78. The Morgan fingerprint density at radius 1 is 1.03 bits per heavy atom. The van der Waals surface area contributed by atoms with Gasteiger partial charge in [-0.3, -0.25) is 13.9 Å². The van der Waals surface area contributed by atoms with Gasteiger partial charge in [-0.1, -0.05) is 36.8 Å². The van der Waals surface area contributed by atoms with E-state index in [1.54, 1.807) is 24.3 Å². The molecule has 0 fully saturated rings. The fourth-order valence-electron chi connectivity index (χ4n) is 3.46. The Kier molecular flexibility index (Phi) is 9.28. The zero-order chi connectivity index (χ0) is 24.6. The van der Waals surface area contributed by atoms with Gasteiger partial charge in [0.15, 0.2) is 0 Å². The van der Waals surface area contributed by atoms with Gasteiger partial charge in [0.25, 0.3) is 0 Å². The summed E-state index contributed by atoms with van der Waals surface area (Å²) in [6.45, 7) is 5.80. The number of aryl methyl sites for hydroxylation is 1. The Bertz CT molecular complexity index is 1040. The van der Waals surface area contributed by atoms with Crippen LogP contribution >= 0.6 is 0 Å². The highest BCUT2D eigenvalue weighted by molar-refractivity contribution is 7.92. The van der Waals surface area contributed by atoms with Crippen LogP contribution in [-0.4, -0.2) is 57.6 Å². The Morgan fingerprint density at radius 2 is 1.64 bits per heavy atom. The third kappa shape index (κ3) is 7.21. The minimum absolute atomic E-state index is 0.189. The van der Waals surface area contributed by atoms with E-state index < -0.39 is 28.5 Å². The lowest BCUT2D eigenvalue weighted by molar-refractivity contribution is -0.140. The number of anilines is 1. The molecule has 1 N–H and O–H groups in total. The zero-order valence-corrected chi connectivity index (χ0v) is 20.7. The molecule has 2 aromatic rings. The first-order valence-electron chi connectivity index (χ1n) is 10.8. The van der Waals surface area contributed by atoms with Crippen molar-refractivity contribution in [2.24, 2.45) is 0 Å². The van der Waals surface area contributed by atoms with Gasteiger partial charge in [-0.25, -0.2) is 8.42 Å². The van der Waals surface area contributed by atoms with Gasteiger partial charge in [-0.2, -0.15) is 0 Å². The van der Waals surface area contributed by atoms with E-state index in [0.717, 1.165) is 21.7 Å². The van der Waals surface area contributed by atoms with Crippen LogP contribution in [0.1, 0.15) is 31.4 Å². The van der Waals surface area contributed by atoms with Crippen LogP contribution in [0.15, 0.2) is 48.5 Å². The van der Waals surface area contributed by atoms with Crippen LogP contribution in [0.5, 0.6) is 5.75 Å². The molecule has 0 aliphatic heterocycles. The number of rotatable bonds is 11. The SMILES string of the molecule is CCNC(=O)[C@H](CC)N(Cc1ccc(C)cc1)C(=O)CN(c1ccc(OC)cc1)S(C)(=O)=O. The molecule has 0 unspecified atom stereocenters. The summed E-state index contributed by atoms with van der Waals surface area (Å²) >= 11 is 0. The Balaban J connectivity index is 2.40. The molecule has 0 spiro atoms. The number of likely N-dealkylation sites (N-methyl/N-ethyl adjacent to an activating group) is 1. The van der Waals surface area contributed by atoms with Crippen LogP contribution in [0.3, 0.4) is 0 Å². The number of hydrogen-bond acceptors (Lipinski definition) is 5. The molecule has 0 saturated heterocycles. The maximum absolute atomic E-state index is 13.5. The van der Waals surface area contributed by atoms with Crippen molar-refractivity contribution >= 4 is 27.5 Å². The highest BCUT2D eigenvalue weighted by Crippen LogP contribution is 2.22. The lowest BCUT2D eigenvalue weighted by Crippen LogP contribution is -2.52. The minimum Gasteiger partial charge on any atom is -0.497 e. The van der Waals surface area contributed by atoms with E-state index in [2.05, 4.69) is 5.32 Å². The highest BCUT2D eigenvalue weighted by atomic mass is 32.2. The minimum atomic E-state index is -3.76. The van der Waals surface area contributed by atoms with Gasteiger partial charge in [-0.15, -0.1) is 0 Å². The van der Waals surface area contributed by atoms with E-state index in [1.165, 1.54) is 12.0 Å². The molecule has 0 saturated carbocycles. The number of carbonyl (C=O) groups excluding carboxylic acids is 2. The van der Waals surface area contributed by atoms with Crippen LogP contribution in [0.4, 0.5) is 5.69 Å². The standard InChI is InChI=1S/C24H33N3O5S/c1-6-22(24(29)25-7-2)26(16-19-10-8-18(3)9-11-19)23(28)17-27(33(5,30)31)20-12-14-21(32-4)15-13-20/h8-15,22H,6-7,16-17H2,1-5H3,(H,25,29)/t22-/m0/s1. The van der Waals surface area contributed by atoms with Crippen LogP contribution in [0.25, 0.3) is 0 Å². The van der Waals surface area contributed by atoms with Crippen molar-refractivity contribution in [3.63, 3.8) is 0 Å². The topological polar surface area (TPSA) is 96.0 Å². The van der Waals surface area contributed by atoms with Gasteiger partial charge < -0.3 is 15.0 Å². The van der Waals surface area contributed by atoms with Gasteiger partial charge in [0.2, 0.25) is 21.8 Å². The molecule has 0 radical (unpaired) electrons. The number of ether oxygens (including phenoxy) is 1. The Hall–Kier alpha value is -3.07. The zero-order valence-electron chi connectivity index (χ0n) is 19.9. The predicted molar refractivity (Wildman–Crippen MR) is 130 cm³/mol. The number of nitrogens with zero attached hydrogens (tertiary/aromatic N) is 2. The fraction of sp³-hybridized carbons (Fsp3) is 0.417. The number of benzene rings is 2. The largest absolute Gasteiger partial charge is 0.497 e. The molecule has 0 aliphatic rings. The van der Waals surface area contributed by atoms with Crippen LogP contribution in [0.2, 0.25) is 0 Å². The number of carbonyl (C=O) groups is 2. The van der Waals surface area contributed by atoms with E-state index in [-0.39, 0.29) is 12.5 Å². The molecule has 2 amide bonds. The summed E-state index contributed by atoms with van der Waals surface area (Å²) in [6.07, 6.45) is 1.45. The molecule has 0 aromatic heterocycles. The summed E-state index contributed by atoms with van der Waals surface area (Å²) in [7, 11) is -2.25. The lowest BCUT2D eigenvalue weighted by Gasteiger charge is -2.32. The second-order valence-electron chi connectivity index (χ2n) is 7.79. The van der Waals surface area contributed by atoms with Gasteiger partial charge in [0, 0.05) is 13.1 Å². The average molecular weight is 476 g/mol. The maximum atomic E-state index is 13.5. The molecular formula is C24H33N3O5S. The van der Waals surface area contributed by atoms with Crippen molar-refractivity contribution in [1.29, 1.82) is 0 Å². The van der Waals surface area contributed by atoms with E-state index in [4.69, 9.17) is 4.74 Å². The average Bonchev–Trinajstić information content (AvgIpc) is 2.78. The molecule has 8 nitrogen and oxygen atoms in total. The number of nitrogens with one attached hydrogen (secondary N) is 1. The van der Waals surface area contributed by atoms with Crippen molar-refractivity contribution in [3.05, 3.63) is 59.7 Å². The van der Waals surface area contributed by atoms with Crippen LogP contribution < -0.4 is 14.4 Å². The lowest BCUT2D eigenvalue weighted by atomic mass is 10.1. The van der Waals surface area contributed by atoms with Crippen LogP contribution in [-0.2, 0) is 26.2 Å². The second kappa shape index (κ2) is 11.7. The molecule has 0 bridgehead atoms. The molecule has 180 valence electrons. The molecule has 2 aromatic carbocycles. The van der Waals surface area contributed by atoms with Gasteiger partial charge in [0.1, 0.15) is 18.3 Å². The normalized spacial score (nSPS) is 12.0.